The second-order valence-electron chi connectivity index (χ2n) is 6.29. The highest BCUT2D eigenvalue weighted by Crippen LogP contribution is 2.33. The van der Waals surface area contributed by atoms with Crippen LogP contribution in [0.25, 0.3) is 0 Å². The number of unbranched alkanes of at least 4 members (excludes halogenated alkanes) is 1. The van der Waals surface area contributed by atoms with E-state index in [1.165, 1.54) is 16.8 Å². The van der Waals surface area contributed by atoms with Gasteiger partial charge in [-0.2, -0.15) is 5.06 Å². The molecular weight excluding hydrogens is 300 g/mol. The highest BCUT2D eigenvalue weighted by molar-refractivity contribution is 6.02. The lowest BCUT2D eigenvalue weighted by Crippen LogP contribution is -2.37. The maximum Gasteiger partial charge on any atom is 0.190 e. The normalized spacial score (nSPS) is 20.1. The minimum atomic E-state index is 0.115. The number of hydrogen-bond acceptors (Lipinski definition) is 5. The average Bonchev–Trinajstić information content (AvgIpc) is 2.91. The molecule has 1 aromatic carbocycles. The van der Waals surface area contributed by atoms with Gasteiger partial charge in [-0.3, -0.25) is 0 Å². The number of amidine groups is 1. The fourth-order valence-electron chi connectivity index (χ4n) is 3.08. The van der Waals surface area contributed by atoms with E-state index in [0.29, 0.717) is 0 Å². The molecule has 0 spiro atoms. The summed E-state index contributed by atoms with van der Waals surface area (Å²) in [7, 11) is 0. The van der Waals surface area contributed by atoms with Gasteiger partial charge in [-0.15, -0.1) is 0 Å². The molecule has 2 heterocycles. The van der Waals surface area contributed by atoms with E-state index in [9.17, 15) is 0 Å². The summed E-state index contributed by atoms with van der Waals surface area (Å²) in [5.41, 5.74) is 9.27. The van der Waals surface area contributed by atoms with Crippen molar-refractivity contribution in [3.8, 4) is 5.75 Å². The molecule has 5 heteroatoms. The molecule has 2 N–H and O–H groups in total. The van der Waals surface area contributed by atoms with Crippen molar-refractivity contribution in [3.05, 3.63) is 53.4 Å². The molecule has 1 unspecified atom stereocenters. The van der Waals surface area contributed by atoms with Crippen LogP contribution >= 0.6 is 0 Å². The van der Waals surface area contributed by atoms with Crippen LogP contribution in [0.2, 0.25) is 0 Å². The van der Waals surface area contributed by atoms with Crippen LogP contribution in [0.5, 0.6) is 5.75 Å². The van der Waals surface area contributed by atoms with Crippen LogP contribution in [-0.4, -0.2) is 35.1 Å². The van der Waals surface area contributed by atoms with Gasteiger partial charge in [0.25, 0.3) is 0 Å². The van der Waals surface area contributed by atoms with Crippen LogP contribution in [0, 0.1) is 0 Å². The zero-order chi connectivity index (χ0) is 17.1. The van der Waals surface area contributed by atoms with Gasteiger partial charge in [0, 0.05) is 12.7 Å². The summed E-state index contributed by atoms with van der Waals surface area (Å²) in [4.78, 5) is 13.3. The van der Waals surface area contributed by atoms with Crippen molar-refractivity contribution in [1.82, 2.24) is 9.96 Å². The first kappa shape index (κ1) is 16.6. The summed E-state index contributed by atoms with van der Waals surface area (Å²) >= 11 is 0. The molecule has 24 heavy (non-hydrogen) atoms. The molecule has 2 aliphatic heterocycles. The Morgan fingerprint density at radius 3 is 2.62 bits per heavy atom. The monoisotopic (exact) mass is 326 g/mol. The molecule has 0 fully saturated rings. The third kappa shape index (κ3) is 3.17. The van der Waals surface area contributed by atoms with Crippen LogP contribution in [0.1, 0.15) is 33.6 Å². The van der Waals surface area contributed by atoms with Gasteiger partial charge in [-0.05, 0) is 63.4 Å². The lowest BCUT2D eigenvalue weighted by molar-refractivity contribution is 0.0698. The number of allylic oxidation sites excluding steroid dienone is 2. The number of hydrogen-bond donors (Lipinski definition) is 1. The minimum absolute atomic E-state index is 0.115. The van der Waals surface area contributed by atoms with Crippen molar-refractivity contribution in [3.63, 3.8) is 0 Å². The standard InChI is InChI=1S/C19H26N4O/c1-14-13-23(24-17-9-5-4-6-10-17)19-18(15(14)2)22(16(3)21-19)12-8-7-11-20/h4-6,9-10,13,16H,7-8,11-12,20H2,1-3H3. The minimum Gasteiger partial charge on any atom is -0.374 e. The quantitative estimate of drug-likeness (QED) is 0.815. The highest BCUT2D eigenvalue weighted by atomic mass is 16.7. The Morgan fingerprint density at radius 2 is 1.92 bits per heavy atom. The maximum atomic E-state index is 6.06. The average molecular weight is 326 g/mol. The maximum absolute atomic E-state index is 6.06. The first-order valence-corrected chi connectivity index (χ1v) is 8.58. The summed E-state index contributed by atoms with van der Waals surface area (Å²) in [6.07, 6.45) is 4.23. The number of hydroxylamine groups is 2. The number of fused-ring (bicyclic) bond motifs is 1. The molecule has 5 nitrogen and oxygen atoms in total. The van der Waals surface area contributed by atoms with E-state index < -0.39 is 0 Å². The van der Waals surface area contributed by atoms with E-state index in [4.69, 9.17) is 15.6 Å². The highest BCUT2D eigenvalue weighted by Gasteiger charge is 2.35. The topological polar surface area (TPSA) is 54.1 Å². The van der Waals surface area contributed by atoms with E-state index in [1.54, 1.807) is 5.06 Å². The molecule has 2 aliphatic rings. The molecule has 0 saturated carbocycles. The molecule has 0 amide bonds. The molecule has 0 saturated heterocycles. The van der Waals surface area contributed by atoms with Crippen molar-refractivity contribution >= 4 is 5.84 Å². The lowest BCUT2D eigenvalue weighted by atomic mass is 10.0. The number of para-hydroxylation sites is 1. The van der Waals surface area contributed by atoms with Gasteiger partial charge in [-0.1, -0.05) is 18.2 Å². The van der Waals surface area contributed by atoms with E-state index in [1.807, 2.05) is 36.5 Å². The Morgan fingerprint density at radius 1 is 1.17 bits per heavy atom. The number of nitrogens with zero attached hydrogens (tertiary/aromatic N) is 3. The summed E-state index contributed by atoms with van der Waals surface area (Å²) in [6, 6.07) is 9.82. The van der Waals surface area contributed by atoms with Crippen LogP contribution in [0.15, 0.2) is 58.4 Å². The third-order valence-electron chi connectivity index (χ3n) is 4.53. The first-order chi connectivity index (χ1) is 11.6. The van der Waals surface area contributed by atoms with Crippen molar-refractivity contribution in [2.24, 2.45) is 10.7 Å². The number of aliphatic imine (C=N–C) groups is 1. The van der Waals surface area contributed by atoms with Gasteiger partial charge >= 0.3 is 0 Å². The van der Waals surface area contributed by atoms with Crippen molar-refractivity contribution in [1.29, 1.82) is 0 Å². The van der Waals surface area contributed by atoms with Gasteiger partial charge in [0.15, 0.2) is 11.6 Å². The zero-order valence-electron chi connectivity index (χ0n) is 14.7. The third-order valence-corrected chi connectivity index (χ3v) is 4.53. The first-order valence-electron chi connectivity index (χ1n) is 8.58. The Balaban J connectivity index is 1.85. The van der Waals surface area contributed by atoms with Gasteiger partial charge in [0.05, 0.1) is 5.70 Å². The number of benzene rings is 1. The second-order valence-corrected chi connectivity index (χ2v) is 6.29. The second kappa shape index (κ2) is 7.09. The van der Waals surface area contributed by atoms with Gasteiger partial charge in [-0.25, -0.2) is 4.99 Å². The summed E-state index contributed by atoms with van der Waals surface area (Å²) < 4.78 is 0. The zero-order valence-corrected chi connectivity index (χ0v) is 14.7. The Bertz CT molecular complexity index is 678. The van der Waals surface area contributed by atoms with E-state index in [2.05, 4.69) is 25.7 Å². The summed E-state index contributed by atoms with van der Waals surface area (Å²) in [5.74, 6) is 1.69. The molecular formula is C19H26N4O. The van der Waals surface area contributed by atoms with Gasteiger partial charge in [0.2, 0.25) is 0 Å². The van der Waals surface area contributed by atoms with Crippen LogP contribution in [0.4, 0.5) is 0 Å². The van der Waals surface area contributed by atoms with Crippen molar-refractivity contribution < 1.29 is 4.84 Å². The number of nitrogens with two attached hydrogens (primary N) is 1. The summed E-state index contributed by atoms with van der Waals surface area (Å²) in [6.45, 7) is 8.09. The molecule has 0 aliphatic carbocycles. The predicted molar refractivity (Wildman–Crippen MR) is 97.3 cm³/mol. The van der Waals surface area contributed by atoms with Crippen molar-refractivity contribution in [2.45, 2.75) is 39.8 Å². The SMILES string of the molecule is CC1=CN(Oc2ccccc2)C2=NC(C)N(CCCCN)C2=C1C. The predicted octanol–water partition coefficient (Wildman–Crippen LogP) is 3.27. The van der Waals surface area contributed by atoms with Crippen molar-refractivity contribution in [2.75, 3.05) is 13.1 Å². The van der Waals surface area contributed by atoms with Crippen LogP contribution in [0.3, 0.4) is 0 Å². The van der Waals surface area contributed by atoms with Gasteiger partial charge in [0.1, 0.15) is 6.17 Å². The molecule has 128 valence electrons. The molecule has 1 aromatic rings. The van der Waals surface area contributed by atoms with E-state index in [-0.39, 0.29) is 6.17 Å². The molecule has 0 radical (unpaired) electrons. The summed E-state index contributed by atoms with van der Waals surface area (Å²) in [5, 5.41) is 1.80. The molecule has 1 atom stereocenters. The Hall–Kier alpha value is -2.27. The van der Waals surface area contributed by atoms with Gasteiger partial charge < -0.3 is 15.5 Å². The Labute approximate surface area is 144 Å². The van der Waals surface area contributed by atoms with Crippen LogP contribution < -0.4 is 10.6 Å². The Kier molecular flexibility index (Phi) is 4.90. The molecule has 0 aromatic heterocycles. The molecule has 3 rings (SSSR count). The van der Waals surface area contributed by atoms with E-state index >= 15 is 0 Å². The lowest BCUT2D eigenvalue weighted by Gasteiger charge is -2.31. The smallest absolute Gasteiger partial charge is 0.190 e. The van der Waals surface area contributed by atoms with Crippen LogP contribution in [-0.2, 0) is 0 Å². The fourth-order valence-corrected chi connectivity index (χ4v) is 3.08. The largest absolute Gasteiger partial charge is 0.374 e. The fraction of sp³-hybridized carbons (Fsp3) is 0.421. The molecule has 0 bridgehead atoms. The number of rotatable bonds is 6. The van der Waals surface area contributed by atoms with E-state index in [0.717, 1.165) is 37.5 Å².